The Morgan fingerprint density at radius 1 is 1.44 bits per heavy atom. The van der Waals surface area contributed by atoms with Gasteiger partial charge in [0.2, 0.25) is 0 Å². The van der Waals surface area contributed by atoms with Crippen LogP contribution in [0.2, 0.25) is 5.82 Å². The number of hydrogen-bond donors (Lipinski definition) is 2. The molecule has 1 aromatic rings. The van der Waals surface area contributed by atoms with E-state index in [4.69, 9.17) is 4.65 Å². The molecule has 2 rings (SSSR count). The number of fused-ring (bicyclic) bond motifs is 1. The summed E-state index contributed by atoms with van der Waals surface area (Å²) in [6.07, 6.45) is 0.365. The molecular formula is C10H11BNa2O5. The maximum atomic E-state index is 10.8. The van der Waals surface area contributed by atoms with Gasteiger partial charge in [0, 0.05) is 5.56 Å². The van der Waals surface area contributed by atoms with Gasteiger partial charge in [-0.25, -0.2) is 0 Å². The first-order chi connectivity index (χ1) is 7.42. The molecule has 0 aromatic heterocycles. The minimum Gasteiger partial charge on any atom is -0.669 e. The fraction of sp³-hybridized carbons (Fsp3) is 0.300. The Bertz CT molecular complexity index is 452. The zero-order valence-electron chi connectivity index (χ0n) is 10.7. The summed E-state index contributed by atoms with van der Waals surface area (Å²) in [7, 11) is 0. The maximum absolute atomic E-state index is 10.8. The summed E-state index contributed by atoms with van der Waals surface area (Å²) < 4.78 is 4.98. The summed E-state index contributed by atoms with van der Waals surface area (Å²) in [5, 5.41) is 30.0. The van der Waals surface area contributed by atoms with E-state index in [0.717, 1.165) is 0 Å². The summed E-state index contributed by atoms with van der Waals surface area (Å²) in [6.45, 7) is -1.37. The molecule has 1 heterocycles. The molecule has 5 nitrogen and oxygen atoms in total. The van der Waals surface area contributed by atoms with Crippen LogP contribution in [0.1, 0.15) is 22.8 Å². The van der Waals surface area contributed by atoms with Crippen LogP contribution in [0, 0.1) is 0 Å². The van der Waals surface area contributed by atoms with Gasteiger partial charge < -0.3 is 24.6 Å². The van der Waals surface area contributed by atoms with Crippen molar-refractivity contribution in [1.82, 2.24) is 0 Å². The average Bonchev–Trinajstić information content (AvgIpc) is 2.18. The molecule has 0 spiro atoms. The van der Waals surface area contributed by atoms with Crippen molar-refractivity contribution >= 4 is 12.7 Å². The average molecular weight is 268 g/mol. The Morgan fingerprint density at radius 3 is 2.61 bits per heavy atom. The summed E-state index contributed by atoms with van der Waals surface area (Å²) >= 11 is 0. The zero-order chi connectivity index (χ0) is 11.9. The van der Waals surface area contributed by atoms with Crippen LogP contribution in [0.15, 0.2) is 18.2 Å². The van der Waals surface area contributed by atoms with Crippen molar-refractivity contribution in [1.29, 1.82) is 0 Å². The fourth-order valence-corrected chi connectivity index (χ4v) is 1.84. The maximum Gasteiger partial charge on any atom is 1.00 e. The Balaban J connectivity index is 0.00000144. The number of carboxylic acid groups (broad SMARTS) is 1. The van der Waals surface area contributed by atoms with Gasteiger partial charge >= 0.3 is 65.9 Å². The zero-order valence-corrected chi connectivity index (χ0v) is 14.7. The van der Waals surface area contributed by atoms with E-state index in [2.05, 4.69) is 0 Å². The Labute approximate surface area is 149 Å². The molecule has 86 valence electrons. The third-order valence-electron chi connectivity index (χ3n) is 2.89. The number of carbonyl (C=O) groups excluding carboxylic acids is 1. The smallest absolute Gasteiger partial charge is 0.669 e. The molecule has 2 N–H and O–H groups in total. The van der Waals surface area contributed by atoms with Crippen molar-refractivity contribution in [3.63, 3.8) is 0 Å². The third-order valence-corrected chi connectivity index (χ3v) is 2.89. The van der Waals surface area contributed by atoms with E-state index in [1.807, 2.05) is 0 Å². The molecule has 1 atom stereocenters. The molecule has 1 aliphatic heterocycles. The summed E-state index contributed by atoms with van der Waals surface area (Å²) in [6, 6.07) is 4.59. The van der Waals surface area contributed by atoms with Gasteiger partial charge in [-0.1, -0.05) is 24.9 Å². The number of hydrogen-bond acceptors (Lipinski definition) is 5. The molecule has 0 aliphatic carbocycles. The fourth-order valence-electron chi connectivity index (χ4n) is 1.84. The monoisotopic (exact) mass is 268 g/mol. The van der Waals surface area contributed by atoms with Crippen molar-refractivity contribution in [3.05, 3.63) is 29.3 Å². The van der Waals surface area contributed by atoms with Crippen molar-refractivity contribution in [2.75, 3.05) is 0 Å². The first kappa shape index (κ1) is 18.5. The first-order valence-electron chi connectivity index (χ1n) is 5.03. The second kappa shape index (κ2) is 6.77. The quantitative estimate of drug-likeness (QED) is 0.494. The number of benzene rings is 1. The number of carboxylic acids is 1. The molecule has 0 fully saturated rings. The molecule has 0 unspecified atom stereocenters. The second-order valence-electron chi connectivity index (χ2n) is 4.14. The van der Waals surface area contributed by atoms with Crippen LogP contribution >= 0.6 is 0 Å². The molecule has 0 saturated heterocycles. The van der Waals surface area contributed by atoms with Gasteiger partial charge in [-0.2, -0.15) is 0 Å². The molecule has 18 heavy (non-hydrogen) atoms. The Kier molecular flexibility index (Phi) is 6.95. The minimum absolute atomic E-state index is 0. The van der Waals surface area contributed by atoms with E-state index in [0.29, 0.717) is 12.0 Å². The van der Waals surface area contributed by atoms with Crippen LogP contribution < -0.4 is 68.9 Å². The SMILES string of the molecule is C[C@H]1Cc2cccc(C(=O)[O-])c2O[B-]1(O)O.[Na+].[Na+]. The molecule has 8 heteroatoms. The van der Waals surface area contributed by atoms with Gasteiger partial charge in [0.15, 0.2) is 0 Å². The van der Waals surface area contributed by atoms with Gasteiger partial charge in [-0.05, 0) is 18.1 Å². The number of carbonyl (C=O) groups is 1. The van der Waals surface area contributed by atoms with E-state index in [-0.39, 0.29) is 70.4 Å². The molecule has 0 radical (unpaired) electrons. The van der Waals surface area contributed by atoms with Crippen LogP contribution in [0.3, 0.4) is 0 Å². The van der Waals surface area contributed by atoms with Gasteiger partial charge in [0.1, 0.15) is 0 Å². The van der Waals surface area contributed by atoms with E-state index in [1.54, 1.807) is 19.1 Å². The molecule has 0 bridgehead atoms. The number of para-hydroxylation sites is 1. The van der Waals surface area contributed by atoms with Crippen LogP contribution in [0.4, 0.5) is 0 Å². The van der Waals surface area contributed by atoms with Crippen molar-refractivity contribution < 1.29 is 83.7 Å². The molecule has 0 saturated carbocycles. The molecule has 0 amide bonds. The Morgan fingerprint density at radius 2 is 2.06 bits per heavy atom. The largest absolute Gasteiger partial charge is 1.00 e. The van der Waals surface area contributed by atoms with Gasteiger partial charge in [0.05, 0.1) is 11.7 Å². The van der Waals surface area contributed by atoms with Crippen LogP contribution in [-0.4, -0.2) is 22.8 Å². The summed E-state index contributed by atoms with van der Waals surface area (Å²) in [4.78, 5) is 10.8. The predicted octanol–water partition coefficient (Wildman–Crippen LogP) is -6.69. The number of rotatable bonds is 1. The van der Waals surface area contributed by atoms with Crippen molar-refractivity contribution in [3.8, 4) is 5.75 Å². The van der Waals surface area contributed by atoms with E-state index in [1.165, 1.54) is 6.07 Å². The Hall–Kier alpha value is 0.475. The number of aromatic carboxylic acids is 1. The van der Waals surface area contributed by atoms with Gasteiger partial charge in [0.25, 0.3) is 0 Å². The first-order valence-corrected chi connectivity index (χ1v) is 5.03. The summed E-state index contributed by atoms with van der Waals surface area (Å²) in [5.74, 6) is -1.85. The van der Waals surface area contributed by atoms with Crippen molar-refractivity contribution in [2.45, 2.75) is 19.2 Å². The van der Waals surface area contributed by atoms with E-state index >= 15 is 0 Å². The van der Waals surface area contributed by atoms with Gasteiger partial charge in [-0.15, -0.1) is 0 Å². The third kappa shape index (κ3) is 3.52. The van der Waals surface area contributed by atoms with Crippen LogP contribution in [0.5, 0.6) is 5.75 Å². The topological polar surface area (TPSA) is 89.8 Å². The van der Waals surface area contributed by atoms with Crippen LogP contribution in [0.25, 0.3) is 0 Å². The standard InChI is InChI=1S/C10H12BO5.2Na/c1-6-5-7-3-2-4-8(10(12)13)9(7)16-11(6,14)15;;/h2-4,6,14-15H,5H2,1H3,(H,12,13);;/q-1;2*+1/p-1/t6-;;/m0../s1. The normalized spacial score (nSPS) is 19.6. The summed E-state index contributed by atoms with van der Waals surface area (Å²) in [5.41, 5.74) is 0.494. The van der Waals surface area contributed by atoms with Crippen LogP contribution in [-0.2, 0) is 6.42 Å². The van der Waals surface area contributed by atoms with E-state index < -0.39 is 18.5 Å². The predicted molar refractivity (Wildman–Crippen MR) is 54.7 cm³/mol. The molecule has 1 aliphatic rings. The second-order valence-corrected chi connectivity index (χ2v) is 4.14. The molecular weight excluding hydrogens is 257 g/mol. The minimum atomic E-state index is -3.00. The van der Waals surface area contributed by atoms with E-state index in [9.17, 15) is 19.9 Å². The molecule has 1 aromatic carbocycles. The van der Waals surface area contributed by atoms with Crippen molar-refractivity contribution in [2.24, 2.45) is 0 Å². The van der Waals surface area contributed by atoms with Gasteiger partial charge in [-0.3, -0.25) is 0 Å².